The van der Waals surface area contributed by atoms with E-state index in [2.05, 4.69) is 31.3 Å². The quantitative estimate of drug-likeness (QED) is 0.0456. The average Bonchev–Trinajstić information content (AvgIpc) is 3.05. The van der Waals surface area contributed by atoms with Crippen molar-refractivity contribution >= 4 is 5.91 Å². The number of amides is 1. The summed E-state index contributed by atoms with van der Waals surface area (Å²) >= 11 is 0. The number of carbonyl (C=O) groups is 1. The fraction of sp³-hybridized carbons (Fsp3) is 0.914. The number of unbranched alkanes of at least 4 members (excludes halogenated alkanes) is 14. The number of hydrogen-bond acceptors (Lipinski definition) is 10. The van der Waals surface area contributed by atoms with Gasteiger partial charge in [-0.25, -0.2) is 0 Å². The van der Waals surface area contributed by atoms with Gasteiger partial charge in [-0.2, -0.15) is 0 Å². The van der Waals surface area contributed by atoms with E-state index in [0.717, 1.165) is 44.9 Å². The molecule has 8 N–H and O–H groups in total. The van der Waals surface area contributed by atoms with Gasteiger partial charge in [-0.15, -0.1) is 0 Å². The summed E-state index contributed by atoms with van der Waals surface area (Å²) in [7, 11) is 0. The summed E-state index contributed by atoms with van der Waals surface area (Å²) in [4.78, 5) is 12.9. The molecule has 1 saturated heterocycles. The van der Waals surface area contributed by atoms with Gasteiger partial charge < -0.3 is 50.5 Å². The van der Waals surface area contributed by atoms with Crippen LogP contribution in [-0.4, -0.2) is 110 Å². The minimum Gasteiger partial charge on any atom is -0.394 e. The molecular formula is C35H67NO10. The third-order valence-corrected chi connectivity index (χ3v) is 8.82. The lowest BCUT2D eigenvalue weighted by atomic mass is 9.98. The second-order valence-electron chi connectivity index (χ2n) is 12.9. The van der Waals surface area contributed by atoms with Crippen LogP contribution < -0.4 is 5.32 Å². The zero-order valence-corrected chi connectivity index (χ0v) is 28.6. The molecule has 0 saturated carbocycles. The first-order chi connectivity index (χ1) is 22.2. The molecule has 1 fully saturated rings. The van der Waals surface area contributed by atoms with E-state index in [1.165, 1.54) is 51.4 Å². The van der Waals surface area contributed by atoms with Gasteiger partial charge in [0.05, 0.1) is 25.4 Å². The normalized spacial score (nSPS) is 24.6. The molecular weight excluding hydrogens is 594 g/mol. The second kappa shape index (κ2) is 26.8. The summed E-state index contributed by atoms with van der Waals surface area (Å²) in [5.41, 5.74) is 0. The van der Waals surface area contributed by atoms with Gasteiger partial charge in [-0.1, -0.05) is 109 Å². The van der Waals surface area contributed by atoms with Crippen LogP contribution in [0.2, 0.25) is 0 Å². The lowest BCUT2D eigenvalue weighted by molar-refractivity contribution is -0.303. The summed E-state index contributed by atoms with van der Waals surface area (Å²) in [6, 6.07) is -1.17. The van der Waals surface area contributed by atoms with Crippen LogP contribution in [0, 0.1) is 0 Å². The van der Waals surface area contributed by atoms with Crippen LogP contribution in [-0.2, 0) is 14.3 Å². The van der Waals surface area contributed by atoms with Crippen LogP contribution in [0.15, 0.2) is 12.2 Å². The lowest BCUT2D eigenvalue weighted by Crippen LogP contribution is -2.60. The Morgan fingerprint density at radius 1 is 0.739 bits per heavy atom. The zero-order valence-electron chi connectivity index (χ0n) is 28.6. The fourth-order valence-electron chi connectivity index (χ4n) is 5.67. The summed E-state index contributed by atoms with van der Waals surface area (Å²) in [6.07, 6.45) is 11.6. The van der Waals surface area contributed by atoms with Gasteiger partial charge in [0.1, 0.15) is 36.6 Å². The first-order valence-electron chi connectivity index (χ1n) is 18.1. The second-order valence-corrected chi connectivity index (χ2v) is 12.9. The Morgan fingerprint density at radius 3 is 1.87 bits per heavy atom. The highest BCUT2D eigenvalue weighted by atomic mass is 16.7. The number of carbonyl (C=O) groups excluding carboxylic acids is 1. The molecule has 1 amide bonds. The van der Waals surface area contributed by atoms with Crippen LogP contribution >= 0.6 is 0 Å². The Kier molecular flexibility index (Phi) is 24.9. The molecule has 0 bridgehead atoms. The lowest BCUT2D eigenvalue weighted by Gasteiger charge is -2.40. The summed E-state index contributed by atoms with van der Waals surface area (Å²) in [6.45, 7) is 3.30. The molecule has 11 heteroatoms. The minimum atomic E-state index is -1.66. The maximum atomic E-state index is 12.9. The molecule has 272 valence electrons. The van der Waals surface area contributed by atoms with Crippen molar-refractivity contribution in [1.82, 2.24) is 5.32 Å². The van der Waals surface area contributed by atoms with Crippen molar-refractivity contribution in [3.8, 4) is 0 Å². The molecule has 0 aromatic carbocycles. The van der Waals surface area contributed by atoms with Crippen molar-refractivity contribution in [3.05, 3.63) is 12.2 Å². The average molecular weight is 662 g/mol. The maximum absolute atomic E-state index is 12.9. The van der Waals surface area contributed by atoms with E-state index < -0.39 is 74.2 Å². The van der Waals surface area contributed by atoms with Crippen LogP contribution in [0.3, 0.4) is 0 Å². The molecule has 9 unspecified atom stereocenters. The number of ether oxygens (including phenoxy) is 2. The Balaban J connectivity index is 2.62. The van der Waals surface area contributed by atoms with Crippen molar-refractivity contribution in [2.45, 2.75) is 191 Å². The first kappa shape index (κ1) is 42.9. The smallest absolute Gasteiger partial charge is 0.249 e. The maximum Gasteiger partial charge on any atom is 0.249 e. The van der Waals surface area contributed by atoms with Crippen molar-refractivity contribution in [2.24, 2.45) is 0 Å². The van der Waals surface area contributed by atoms with Gasteiger partial charge in [0.15, 0.2) is 6.29 Å². The van der Waals surface area contributed by atoms with Crippen LogP contribution in [0.1, 0.15) is 136 Å². The number of allylic oxidation sites excluding steroid dienone is 2. The highest BCUT2D eigenvalue weighted by molar-refractivity contribution is 5.80. The summed E-state index contributed by atoms with van der Waals surface area (Å²) in [5.74, 6) is -0.712. The largest absolute Gasteiger partial charge is 0.394 e. The van der Waals surface area contributed by atoms with E-state index in [1.54, 1.807) is 0 Å². The van der Waals surface area contributed by atoms with Gasteiger partial charge in [0.25, 0.3) is 0 Å². The summed E-state index contributed by atoms with van der Waals surface area (Å²) < 4.78 is 11.0. The van der Waals surface area contributed by atoms with Gasteiger partial charge in [-0.05, 0) is 38.5 Å². The molecule has 9 atom stereocenters. The third kappa shape index (κ3) is 17.8. The number of hydrogen-bond donors (Lipinski definition) is 8. The minimum absolute atomic E-state index is 0.256. The first-order valence-corrected chi connectivity index (χ1v) is 18.1. The topological polar surface area (TPSA) is 189 Å². The molecule has 1 aliphatic heterocycles. The van der Waals surface area contributed by atoms with Crippen LogP contribution in [0.5, 0.6) is 0 Å². The Bertz CT molecular complexity index is 770. The van der Waals surface area contributed by atoms with E-state index in [-0.39, 0.29) is 12.8 Å². The highest BCUT2D eigenvalue weighted by Crippen LogP contribution is 2.23. The van der Waals surface area contributed by atoms with E-state index in [9.17, 15) is 40.5 Å². The van der Waals surface area contributed by atoms with Crippen molar-refractivity contribution in [1.29, 1.82) is 0 Å². The fourth-order valence-corrected chi connectivity index (χ4v) is 5.67. The van der Waals surface area contributed by atoms with E-state index >= 15 is 0 Å². The van der Waals surface area contributed by atoms with Crippen molar-refractivity contribution < 1.29 is 50.0 Å². The zero-order chi connectivity index (χ0) is 34.2. The molecule has 1 aliphatic rings. The van der Waals surface area contributed by atoms with Gasteiger partial charge >= 0.3 is 0 Å². The molecule has 0 aromatic heterocycles. The Morgan fingerprint density at radius 2 is 1.28 bits per heavy atom. The van der Waals surface area contributed by atoms with Crippen LogP contribution in [0.25, 0.3) is 0 Å². The Labute approximate surface area is 277 Å². The van der Waals surface area contributed by atoms with E-state index in [4.69, 9.17) is 9.47 Å². The predicted molar refractivity (Wildman–Crippen MR) is 178 cm³/mol. The third-order valence-electron chi connectivity index (χ3n) is 8.82. The molecule has 1 heterocycles. The number of aliphatic hydroxyl groups is 7. The Hall–Kier alpha value is -1.15. The van der Waals surface area contributed by atoms with Gasteiger partial charge in [0.2, 0.25) is 5.91 Å². The van der Waals surface area contributed by atoms with Gasteiger partial charge in [0, 0.05) is 0 Å². The van der Waals surface area contributed by atoms with Crippen LogP contribution in [0.4, 0.5) is 0 Å². The van der Waals surface area contributed by atoms with E-state index in [1.807, 2.05) is 0 Å². The van der Waals surface area contributed by atoms with Gasteiger partial charge in [-0.3, -0.25) is 4.79 Å². The monoisotopic (exact) mass is 661 g/mol. The molecule has 1 rings (SSSR count). The molecule has 46 heavy (non-hydrogen) atoms. The number of nitrogens with one attached hydrogen (secondary N) is 1. The van der Waals surface area contributed by atoms with Crippen molar-refractivity contribution in [2.75, 3.05) is 13.2 Å². The number of aliphatic hydroxyl groups excluding tert-OH is 7. The predicted octanol–water partition coefficient (Wildman–Crippen LogP) is 3.38. The highest BCUT2D eigenvalue weighted by Gasteiger charge is 2.44. The van der Waals surface area contributed by atoms with Crippen molar-refractivity contribution in [3.63, 3.8) is 0 Å². The van der Waals surface area contributed by atoms with E-state index in [0.29, 0.717) is 12.8 Å². The molecule has 0 aromatic rings. The standard InChI is InChI=1S/C35H67NO10/c1-3-5-7-9-11-13-14-15-17-19-21-23-28(39)34(44)36-26(25-45-35-33(43)32(42)31(41)29(24-37)46-35)30(40)27(38)22-20-18-16-12-10-8-6-4-2/h12,16,26-33,35,37-43H,3-11,13-15,17-25H2,1-2H3,(H,36,44)/b16-12+. The number of rotatable bonds is 28. The summed E-state index contributed by atoms with van der Waals surface area (Å²) in [5, 5.41) is 74.8. The molecule has 0 radical (unpaired) electrons. The molecule has 11 nitrogen and oxygen atoms in total. The molecule has 0 spiro atoms. The molecule has 0 aliphatic carbocycles. The SMILES string of the molecule is CCCCC/C=C/CCCC(O)C(O)C(COC1OC(CO)C(O)C(O)C1O)NC(=O)C(O)CCCCCCCCCCCCC.